The molecule has 1 heterocycles. The molecule has 198 valence electrons. The molecule has 0 aliphatic carbocycles. The minimum atomic E-state index is -0.500. The van der Waals surface area contributed by atoms with E-state index in [1.807, 2.05) is 97.1 Å². The van der Waals surface area contributed by atoms with Crippen LogP contribution in [0.3, 0.4) is 0 Å². The maximum Gasteiger partial charge on any atom is 0.336 e. The Hall–Kier alpha value is -5.23. The van der Waals surface area contributed by atoms with Crippen LogP contribution in [-0.4, -0.2) is 29.7 Å². The van der Waals surface area contributed by atoms with Gasteiger partial charge in [0.15, 0.2) is 0 Å². The van der Waals surface area contributed by atoms with Gasteiger partial charge in [0, 0.05) is 24.1 Å². The number of hydrogen-bond acceptors (Lipinski definition) is 5. The van der Waals surface area contributed by atoms with Crippen molar-refractivity contribution >= 4 is 29.7 Å². The van der Waals surface area contributed by atoms with Gasteiger partial charge in [-0.3, -0.25) is 4.79 Å². The Morgan fingerprint density at radius 1 is 0.775 bits per heavy atom. The lowest BCUT2D eigenvalue weighted by atomic mass is 9.97. The fraction of sp³-hybridized carbons (Fsp3) is 0.0882. The van der Waals surface area contributed by atoms with Crippen molar-refractivity contribution in [3.63, 3.8) is 0 Å². The first-order chi connectivity index (χ1) is 19.6. The van der Waals surface area contributed by atoms with Crippen molar-refractivity contribution < 1.29 is 19.1 Å². The lowest BCUT2D eigenvalue weighted by Gasteiger charge is -2.21. The highest BCUT2D eigenvalue weighted by atomic mass is 16.5. The second kappa shape index (κ2) is 12.5. The maximum absolute atomic E-state index is 13.4. The summed E-state index contributed by atoms with van der Waals surface area (Å²) in [6, 6.07) is 33.7. The Bertz CT molecular complexity index is 1560. The summed E-state index contributed by atoms with van der Waals surface area (Å²) >= 11 is 0. The smallest absolute Gasteiger partial charge is 0.336 e. The van der Waals surface area contributed by atoms with E-state index >= 15 is 0 Å². The Morgan fingerprint density at radius 3 is 2.02 bits per heavy atom. The van der Waals surface area contributed by atoms with E-state index in [-0.39, 0.29) is 11.9 Å². The molecular weight excluding hydrogens is 500 g/mol. The van der Waals surface area contributed by atoms with E-state index in [2.05, 4.69) is 0 Å². The first-order valence-corrected chi connectivity index (χ1v) is 12.9. The summed E-state index contributed by atoms with van der Waals surface area (Å²) in [5.74, 6) is 0.359. The molecule has 1 amide bonds. The van der Waals surface area contributed by atoms with Gasteiger partial charge < -0.3 is 9.47 Å². The van der Waals surface area contributed by atoms with Gasteiger partial charge in [-0.1, -0.05) is 84.9 Å². The van der Waals surface area contributed by atoms with Crippen LogP contribution < -0.4 is 9.47 Å². The number of benzene rings is 4. The Balaban J connectivity index is 1.42. The van der Waals surface area contributed by atoms with Crippen molar-refractivity contribution in [1.29, 1.82) is 0 Å². The standard InChI is InChI=1S/C34H28N2O4/c1-39-28-20-18-27(19-21-28)31-24-30(35-36(31)33(37)22-16-25-10-4-2-5-11-25)29-14-8-9-15-32(29)40-34(38)23-17-26-12-6-3-7-13-26/h2-23,31H,24H2,1H3. The summed E-state index contributed by atoms with van der Waals surface area (Å²) in [5.41, 5.74) is 4.04. The molecule has 5 rings (SSSR count). The quantitative estimate of drug-likeness (QED) is 0.145. The monoisotopic (exact) mass is 528 g/mol. The zero-order valence-corrected chi connectivity index (χ0v) is 22.0. The van der Waals surface area contributed by atoms with Crippen LogP contribution in [0.4, 0.5) is 0 Å². The number of nitrogens with zero attached hydrogens (tertiary/aromatic N) is 2. The molecular formula is C34H28N2O4. The highest BCUT2D eigenvalue weighted by Crippen LogP contribution is 2.36. The van der Waals surface area contributed by atoms with Crippen molar-refractivity contribution in [3.8, 4) is 11.5 Å². The molecule has 4 aromatic carbocycles. The van der Waals surface area contributed by atoms with Gasteiger partial charge in [-0.25, -0.2) is 9.80 Å². The summed E-state index contributed by atoms with van der Waals surface area (Å²) in [5, 5.41) is 6.23. The lowest BCUT2D eigenvalue weighted by molar-refractivity contribution is -0.129. The first-order valence-electron chi connectivity index (χ1n) is 12.9. The van der Waals surface area contributed by atoms with Gasteiger partial charge >= 0.3 is 5.97 Å². The van der Waals surface area contributed by atoms with E-state index in [0.717, 1.165) is 22.4 Å². The van der Waals surface area contributed by atoms with Gasteiger partial charge in [0.25, 0.3) is 5.91 Å². The number of carbonyl (C=O) groups excluding carboxylic acids is 2. The minimum Gasteiger partial charge on any atom is -0.497 e. The van der Waals surface area contributed by atoms with E-state index < -0.39 is 5.97 Å². The van der Waals surface area contributed by atoms with Crippen LogP contribution >= 0.6 is 0 Å². The van der Waals surface area contributed by atoms with Gasteiger partial charge in [0.05, 0.1) is 18.9 Å². The van der Waals surface area contributed by atoms with Gasteiger partial charge in [-0.2, -0.15) is 5.10 Å². The minimum absolute atomic E-state index is 0.250. The molecule has 0 saturated heterocycles. The molecule has 1 aliphatic rings. The largest absolute Gasteiger partial charge is 0.497 e. The first kappa shape index (κ1) is 26.4. The fourth-order valence-electron chi connectivity index (χ4n) is 4.43. The highest BCUT2D eigenvalue weighted by Gasteiger charge is 2.33. The number of ether oxygens (including phenoxy) is 2. The summed E-state index contributed by atoms with van der Waals surface area (Å²) in [6.45, 7) is 0. The van der Waals surface area contributed by atoms with Gasteiger partial charge in [-0.15, -0.1) is 0 Å². The Morgan fingerprint density at radius 2 is 1.38 bits per heavy atom. The molecule has 6 heteroatoms. The third-order valence-corrected chi connectivity index (χ3v) is 6.47. The third-order valence-electron chi connectivity index (χ3n) is 6.47. The molecule has 1 unspecified atom stereocenters. The van der Waals surface area contributed by atoms with Crippen molar-refractivity contribution in [2.24, 2.45) is 5.10 Å². The zero-order valence-electron chi connectivity index (χ0n) is 22.0. The van der Waals surface area contributed by atoms with Crippen LogP contribution in [0, 0.1) is 0 Å². The molecule has 0 fully saturated rings. The van der Waals surface area contributed by atoms with E-state index in [9.17, 15) is 9.59 Å². The molecule has 6 nitrogen and oxygen atoms in total. The lowest BCUT2D eigenvalue weighted by Crippen LogP contribution is -2.25. The van der Waals surface area contributed by atoms with Crippen molar-refractivity contribution in [3.05, 3.63) is 144 Å². The van der Waals surface area contributed by atoms with Crippen LogP contribution in [0.5, 0.6) is 11.5 Å². The second-order valence-corrected chi connectivity index (χ2v) is 9.13. The topological polar surface area (TPSA) is 68.2 Å². The zero-order chi connectivity index (χ0) is 27.7. The summed E-state index contributed by atoms with van der Waals surface area (Å²) < 4.78 is 11.0. The summed E-state index contributed by atoms with van der Waals surface area (Å²) in [4.78, 5) is 26.1. The van der Waals surface area contributed by atoms with Crippen LogP contribution in [0.25, 0.3) is 12.2 Å². The predicted octanol–water partition coefficient (Wildman–Crippen LogP) is 6.71. The number of hydrogen-bond donors (Lipinski definition) is 0. The molecule has 1 aliphatic heterocycles. The summed E-state index contributed by atoms with van der Waals surface area (Å²) in [7, 11) is 1.61. The van der Waals surface area contributed by atoms with E-state index in [0.29, 0.717) is 23.4 Å². The number of hydrazone groups is 1. The van der Waals surface area contributed by atoms with E-state index in [4.69, 9.17) is 14.6 Å². The fourth-order valence-corrected chi connectivity index (χ4v) is 4.43. The Kier molecular flexibility index (Phi) is 8.27. The van der Waals surface area contributed by atoms with Crippen molar-refractivity contribution in [2.75, 3.05) is 7.11 Å². The number of para-hydroxylation sites is 1. The SMILES string of the molecule is COc1ccc(C2CC(c3ccccc3OC(=O)C=Cc3ccccc3)=NN2C(=O)C=Cc2ccccc2)cc1. The summed E-state index contributed by atoms with van der Waals surface area (Å²) in [6.07, 6.45) is 6.85. The van der Waals surface area contributed by atoms with Crippen LogP contribution in [0.2, 0.25) is 0 Å². The van der Waals surface area contributed by atoms with Gasteiger partial charge in [0.2, 0.25) is 0 Å². The average Bonchev–Trinajstić information content (AvgIpc) is 3.46. The van der Waals surface area contributed by atoms with E-state index in [1.54, 1.807) is 31.4 Å². The molecule has 0 aromatic heterocycles. The van der Waals surface area contributed by atoms with Crippen LogP contribution in [0.15, 0.2) is 126 Å². The van der Waals surface area contributed by atoms with E-state index in [1.165, 1.54) is 17.2 Å². The second-order valence-electron chi connectivity index (χ2n) is 9.13. The van der Waals surface area contributed by atoms with Gasteiger partial charge in [-0.05, 0) is 53.1 Å². The molecule has 1 atom stereocenters. The number of amides is 1. The molecule has 0 saturated carbocycles. The number of esters is 1. The van der Waals surface area contributed by atoms with Crippen LogP contribution in [0.1, 0.15) is 34.7 Å². The number of rotatable bonds is 8. The number of methoxy groups -OCH3 is 1. The van der Waals surface area contributed by atoms with Crippen LogP contribution in [-0.2, 0) is 9.59 Å². The number of carbonyl (C=O) groups is 2. The van der Waals surface area contributed by atoms with Crippen molar-refractivity contribution in [2.45, 2.75) is 12.5 Å². The average molecular weight is 529 g/mol. The third kappa shape index (κ3) is 6.42. The predicted molar refractivity (Wildman–Crippen MR) is 157 cm³/mol. The molecule has 0 spiro atoms. The molecule has 0 N–H and O–H groups in total. The highest BCUT2D eigenvalue weighted by molar-refractivity contribution is 6.07. The molecule has 4 aromatic rings. The van der Waals surface area contributed by atoms with Gasteiger partial charge in [0.1, 0.15) is 11.5 Å². The molecule has 40 heavy (non-hydrogen) atoms. The normalized spacial score (nSPS) is 14.9. The van der Waals surface area contributed by atoms with Crippen molar-refractivity contribution in [1.82, 2.24) is 5.01 Å². The molecule has 0 radical (unpaired) electrons. The molecule has 0 bridgehead atoms. The maximum atomic E-state index is 13.4. The Labute approximate surface area is 233 Å².